The third-order valence-corrected chi connectivity index (χ3v) is 7.04. The monoisotopic (exact) mass is 487 g/mol. The van der Waals surface area contributed by atoms with Crippen LogP contribution in [0.25, 0.3) is 0 Å². The molecule has 7 heteroatoms. The average molecular weight is 488 g/mol. The van der Waals surface area contributed by atoms with Crippen LogP contribution in [0.4, 0.5) is 11.4 Å². The van der Waals surface area contributed by atoms with E-state index in [1.54, 1.807) is 0 Å². The Balaban J connectivity index is 1.58. The van der Waals surface area contributed by atoms with E-state index in [9.17, 15) is 4.79 Å². The minimum Gasteiger partial charge on any atom is -0.494 e. The Bertz CT molecular complexity index is 1290. The first-order chi connectivity index (χ1) is 16.8. The number of anilines is 2. The Kier molecular flexibility index (Phi) is 5.89. The molecular formula is C28H29N3O3S. The summed E-state index contributed by atoms with van der Waals surface area (Å²) in [4.78, 5) is 15.8. The van der Waals surface area contributed by atoms with Crippen molar-refractivity contribution in [3.8, 4) is 11.5 Å². The molecule has 0 aliphatic carbocycles. The van der Waals surface area contributed by atoms with Gasteiger partial charge in [0.05, 0.1) is 12.6 Å². The van der Waals surface area contributed by atoms with Crippen LogP contribution in [0.2, 0.25) is 0 Å². The number of hydrogen-bond acceptors (Lipinski definition) is 4. The zero-order chi connectivity index (χ0) is 24.7. The summed E-state index contributed by atoms with van der Waals surface area (Å²) in [6.45, 7) is 8.51. The van der Waals surface area contributed by atoms with Crippen molar-refractivity contribution in [2.24, 2.45) is 5.92 Å². The van der Waals surface area contributed by atoms with E-state index >= 15 is 0 Å². The van der Waals surface area contributed by atoms with Gasteiger partial charge in [0.15, 0.2) is 10.8 Å². The summed E-state index contributed by atoms with van der Waals surface area (Å²) >= 11 is 5.82. The SMILES string of the molecule is CCOc1ccc(N2C(=S)N[C@H]3c4ccccc4O[C@@]2(C)[C@@H]3C(=O)Nc2ccc(C)cc2C)cc1. The van der Waals surface area contributed by atoms with E-state index in [0.29, 0.717) is 11.7 Å². The van der Waals surface area contributed by atoms with Crippen LogP contribution in [0.1, 0.15) is 36.6 Å². The van der Waals surface area contributed by atoms with Gasteiger partial charge in [0, 0.05) is 16.9 Å². The van der Waals surface area contributed by atoms with Crippen molar-refractivity contribution in [3.63, 3.8) is 0 Å². The predicted octanol–water partition coefficient (Wildman–Crippen LogP) is 5.50. The van der Waals surface area contributed by atoms with Crippen molar-refractivity contribution in [2.75, 3.05) is 16.8 Å². The molecule has 1 saturated heterocycles. The highest BCUT2D eigenvalue weighted by atomic mass is 32.1. The van der Waals surface area contributed by atoms with Crippen molar-refractivity contribution in [1.29, 1.82) is 0 Å². The number of nitrogens with zero attached hydrogens (tertiary/aromatic N) is 1. The Hall–Kier alpha value is -3.58. The Labute approximate surface area is 211 Å². The number of carbonyl (C=O) groups excluding carboxylic acids is 1. The molecule has 0 unspecified atom stereocenters. The van der Waals surface area contributed by atoms with Gasteiger partial charge in [-0.15, -0.1) is 0 Å². The maximum Gasteiger partial charge on any atom is 0.236 e. The number of hydrogen-bond donors (Lipinski definition) is 2. The summed E-state index contributed by atoms with van der Waals surface area (Å²) < 4.78 is 12.2. The van der Waals surface area contributed by atoms with E-state index in [1.165, 1.54) is 0 Å². The molecule has 3 atom stereocenters. The summed E-state index contributed by atoms with van der Waals surface area (Å²) in [6, 6.07) is 21.2. The van der Waals surface area contributed by atoms with Crippen LogP contribution in [0, 0.1) is 19.8 Å². The molecule has 2 aliphatic rings. The number of fused-ring (bicyclic) bond motifs is 4. The smallest absolute Gasteiger partial charge is 0.236 e. The molecule has 0 saturated carbocycles. The van der Waals surface area contributed by atoms with Crippen LogP contribution in [-0.2, 0) is 4.79 Å². The fourth-order valence-electron chi connectivity index (χ4n) is 5.14. The molecule has 180 valence electrons. The standard InChI is InChI=1S/C28H29N3O3S/c1-5-33-20-13-11-19(12-14-20)31-27(35)30-25-21-8-6-7-9-23(21)34-28(31,4)24(25)26(32)29-22-15-10-17(2)16-18(22)3/h6-16,24-25H,5H2,1-4H3,(H,29,32)(H,30,35)/t24-,25-,28-/m0/s1. The molecule has 6 nitrogen and oxygen atoms in total. The predicted molar refractivity (Wildman–Crippen MR) is 142 cm³/mol. The maximum atomic E-state index is 13.9. The van der Waals surface area contributed by atoms with Gasteiger partial charge in [-0.1, -0.05) is 35.9 Å². The number of carbonyl (C=O) groups is 1. The molecule has 2 N–H and O–H groups in total. The number of aryl methyl sites for hydroxylation is 2. The van der Waals surface area contributed by atoms with E-state index in [4.69, 9.17) is 21.7 Å². The zero-order valence-corrected chi connectivity index (χ0v) is 21.1. The molecule has 3 aromatic rings. The molecule has 1 amide bonds. The third-order valence-electron chi connectivity index (χ3n) is 6.74. The van der Waals surface area contributed by atoms with Gasteiger partial charge in [-0.3, -0.25) is 9.69 Å². The fourth-order valence-corrected chi connectivity index (χ4v) is 5.55. The molecule has 0 aromatic heterocycles. The number of para-hydroxylation sites is 1. The number of thiocarbonyl (C=S) groups is 1. The number of rotatable bonds is 5. The lowest BCUT2D eigenvalue weighted by atomic mass is 9.78. The van der Waals surface area contributed by atoms with Crippen molar-refractivity contribution in [3.05, 3.63) is 83.4 Å². The Morgan fingerprint density at radius 1 is 1.14 bits per heavy atom. The van der Waals surface area contributed by atoms with Gasteiger partial charge in [-0.25, -0.2) is 0 Å². The number of nitrogens with one attached hydrogen (secondary N) is 2. The molecule has 2 aliphatic heterocycles. The molecule has 0 radical (unpaired) electrons. The highest BCUT2D eigenvalue weighted by molar-refractivity contribution is 7.80. The van der Waals surface area contributed by atoms with Gasteiger partial charge in [-0.2, -0.15) is 0 Å². The van der Waals surface area contributed by atoms with Gasteiger partial charge < -0.3 is 20.1 Å². The Morgan fingerprint density at radius 2 is 1.89 bits per heavy atom. The van der Waals surface area contributed by atoms with E-state index in [-0.39, 0.29) is 11.9 Å². The van der Waals surface area contributed by atoms with Gasteiger partial charge in [0.25, 0.3) is 0 Å². The van der Waals surface area contributed by atoms with Gasteiger partial charge in [0.2, 0.25) is 5.91 Å². The highest BCUT2D eigenvalue weighted by Gasteiger charge is 2.59. The number of ether oxygens (including phenoxy) is 2. The van der Waals surface area contributed by atoms with Crippen LogP contribution in [0.3, 0.4) is 0 Å². The molecule has 0 spiro atoms. The van der Waals surface area contributed by atoms with E-state index < -0.39 is 11.6 Å². The topological polar surface area (TPSA) is 62.8 Å². The van der Waals surface area contributed by atoms with Crippen LogP contribution in [0.5, 0.6) is 11.5 Å². The largest absolute Gasteiger partial charge is 0.494 e. The number of amides is 1. The maximum absolute atomic E-state index is 13.9. The second kappa shape index (κ2) is 8.89. The average Bonchev–Trinajstić information content (AvgIpc) is 2.81. The van der Waals surface area contributed by atoms with Crippen molar-refractivity contribution in [2.45, 2.75) is 39.5 Å². The highest BCUT2D eigenvalue weighted by Crippen LogP contribution is 2.49. The third kappa shape index (κ3) is 4.00. The lowest BCUT2D eigenvalue weighted by molar-refractivity contribution is -0.130. The lowest BCUT2D eigenvalue weighted by Gasteiger charge is -2.56. The van der Waals surface area contributed by atoms with Crippen molar-refractivity contribution < 1.29 is 14.3 Å². The van der Waals surface area contributed by atoms with E-state index in [2.05, 4.69) is 16.7 Å². The van der Waals surface area contributed by atoms with Crippen LogP contribution >= 0.6 is 12.2 Å². The lowest BCUT2D eigenvalue weighted by Crippen LogP contribution is -2.72. The first kappa shape index (κ1) is 23.2. The fraction of sp³-hybridized carbons (Fsp3) is 0.286. The molecule has 5 rings (SSSR count). The summed E-state index contributed by atoms with van der Waals surface area (Å²) in [5.74, 6) is 0.789. The summed E-state index contributed by atoms with van der Waals surface area (Å²) in [5.41, 5.74) is 3.62. The van der Waals surface area contributed by atoms with Crippen LogP contribution < -0.4 is 25.0 Å². The minimum absolute atomic E-state index is 0.134. The van der Waals surface area contributed by atoms with E-state index in [0.717, 1.165) is 39.6 Å². The molecular weight excluding hydrogens is 458 g/mol. The first-order valence-corrected chi connectivity index (χ1v) is 12.2. The minimum atomic E-state index is -1.06. The molecule has 3 aromatic carbocycles. The van der Waals surface area contributed by atoms with Crippen LogP contribution in [-0.4, -0.2) is 23.4 Å². The summed E-state index contributed by atoms with van der Waals surface area (Å²) in [7, 11) is 0. The van der Waals surface area contributed by atoms with Gasteiger partial charge >= 0.3 is 0 Å². The quantitative estimate of drug-likeness (QED) is 0.464. The van der Waals surface area contributed by atoms with Crippen molar-refractivity contribution in [1.82, 2.24) is 5.32 Å². The molecule has 2 bridgehead atoms. The molecule has 2 heterocycles. The van der Waals surface area contributed by atoms with Gasteiger partial charge in [0.1, 0.15) is 17.4 Å². The van der Waals surface area contributed by atoms with E-state index in [1.807, 2.05) is 93.3 Å². The molecule has 35 heavy (non-hydrogen) atoms. The summed E-state index contributed by atoms with van der Waals surface area (Å²) in [6.07, 6.45) is 0. The van der Waals surface area contributed by atoms with Crippen LogP contribution in [0.15, 0.2) is 66.7 Å². The second-order valence-corrected chi connectivity index (χ2v) is 9.56. The Morgan fingerprint density at radius 3 is 2.60 bits per heavy atom. The second-order valence-electron chi connectivity index (χ2n) is 9.17. The number of benzene rings is 3. The first-order valence-electron chi connectivity index (χ1n) is 11.8. The van der Waals surface area contributed by atoms with Gasteiger partial charge in [-0.05, 0) is 81.9 Å². The molecule has 1 fully saturated rings. The normalized spacial score (nSPS) is 22.5. The zero-order valence-electron chi connectivity index (χ0n) is 20.3. The van der Waals surface area contributed by atoms with Crippen molar-refractivity contribution >= 4 is 34.6 Å². The summed E-state index contributed by atoms with van der Waals surface area (Å²) in [5, 5.41) is 7.11.